The minimum atomic E-state index is -0.278. The third-order valence-corrected chi connectivity index (χ3v) is 3.61. The molecule has 6 heteroatoms. The molecule has 0 amide bonds. The lowest BCUT2D eigenvalue weighted by Crippen LogP contribution is -2.34. The van der Waals surface area contributed by atoms with E-state index in [-0.39, 0.29) is 5.82 Å². The Balaban J connectivity index is 1.76. The van der Waals surface area contributed by atoms with E-state index in [4.69, 9.17) is 21.7 Å². The second-order valence-corrected chi connectivity index (χ2v) is 5.27. The summed E-state index contributed by atoms with van der Waals surface area (Å²) < 4.78 is 23.5. The highest BCUT2D eigenvalue weighted by Gasteiger charge is 2.05. The highest BCUT2D eigenvalue weighted by molar-refractivity contribution is 7.80. The summed E-state index contributed by atoms with van der Waals surface area (Å²) in [5.41, 5.74) is 0.891. The van der Waals surface area contributed by atoms with Crippen molar-refractivity contribution in [2.75, 3.05) is 32.6 Å². The minimum absolute atomic E-state index is 0.278. The van der Waals surface area contributed by atoms with E-state index in [2.05, 4.69) is 5.32 Å². The molecule has 23 heavy (non-hydrogen) atoms. The zero-order valence-electron chi connectivity index (χ0n) is 13.1. The maximum atomic E-state index is 12.8. The van der Waals surface area contributed by atoms with E-state index in [1.807, 2.05) is 36.2 Å². The maximum absolute atomic E-state index is 12.8. The number of anilines is 1. The number of hydrogen-bond acceptors (Lipinski definition) is 3. The molecule has 0 saturated carbocycles. The first-order chi connectivity index (χ1) is 11.1. The van der Waals surface area contributed by atoms with Gasteiger partial charge in [-0.3, -0.25) is 0 Å². The van der Waals surface area contributed by atoms with E-state index >= 15 is 0 Å². The average Bonchev–Trinajstić information content (AvgIpc) is 2.57. The first kappa shape index (κ1) is 17.0. The molecule has 0 unspecified atom stereocenters. The second kappa shape index (κ2) is 8.33. The first-order valence-electron chi connectivity index (χ1n) is 7.13. The van der Waals surface area contributed by atoms with Gasteiger partial charge in [0.15, 0.2) is 5.11 Å². The van der Waals surface area contributed by atoms with Crippen LogP contribution < -0.4 is 14.8 Å². The lowest BCUT2D eigenvalue weighted by Gasteiger charge is -2.21. The summed E-state index contributed by atoms with van der Waals surface area (Å²) in [5, 5.41) is 3.74. The topological polar surface area (TPSA) is 33.7 Å². The van der Waals surface area contributed by atoms with Crippen molar-refractivity contribution in [3.8, 4) is 11.5 Å². The molecule has 0 aliphatic carbocycles. The van der Waals surface area contributed by atoms with Crippen LogP contribution in [0.15, 0.2) is 48.5 Å². The molecule has 2 rings (SSSR count). The summed E-state index contributed by atoms with van der Waals surface area (Å²) >= 11 is 5.35. The highest BCUT2D eigenvalue weighted by atomic mass is 32.1. The summed E-state index contributed by atoms with van der Waals surface area (Å²) in [6.07, 6.45) is 0. The van der Waals surface area contributed by atoms with Crippen molar-refractivity contribution >= 4 is 23.0 Å². The van der Waals surface area contributed by atoms with E-state index in [0.717, 1.165) is 11.4 Å². The van der Waals surface area contributed by atoms with Crippen LogP contribution in [-0.2, 0) is 0 Å². The van der Waals surface area contributed by atoms with Crippen molar-refractivity contribution < 1.29 is 13.9 Å². The molecule has 0 saturated heterocycles. The van der Waals surface area contributed by atoms with Crippen molar-refractivity contribution in [1.82, 2.24) is 4.90 Å². The van der Waals surface area contributed by atoms with E-state index in [1.54, 1.807) is 19.2 Å². The van der Waals surface area contributed by atoms with Crippen LogP contribution >= 0.6 is 12.2 Å². The smallest absolute Gasteiger partial charge is 0.173 e. The van der Waals surface area contributed by atoms with Crippen LogP contribution in [0.3, 0.4) is 0 Å². The number of halogens is 1. The maximum Gasteiger partial charge on any atom is 0.173 e. The monoisotopic (exact) mass is 334 g/mol. The van der Waals surface area contributed by atoms with Crippen molar-refractivity contribution in [3.63, 3.8) is 0 Å². The van der Waals surface area contributed by atoms with Crippen molar-refractivity contribution in [1.29, 1.82) is 0 Å². The molecule has 0 fully saturated rings. The molecule has 0 aliphatic heterocycles. The summed E-state index contributed by atoms with van der Waals surface area (Å²) in [4.78, 5) is 1.88. The first-order valence-corrected chi connectivity index (χ1v) is 7.54. The average molecular weight is 334 g/mol. The number of rotatable bonds is 6. The van der Waals surface area contributed by atoms with Crippen LogP contribution in [0.4, 0.5) is 10.1 Å². The van der Waals surface area contributed by atoms with Crippen molar-refractivity contribution in [3.05, 3.63) is 54.3 Å². The third kappa shape index (κ3) is 5.41. The SMILES string of the molecule is COc1ccc(NC(=S)N(C)CCOc2ccc(F)cc2)cc1. The Hall–Kier alpha value is -2.34. The van der Waals surface area contributed by atoms with Gasteiger partial charge in [-0.05, 0) is 60.7 Å². The zero-order valence-corrected chi connectivity index (χ0v) is 13.9. The Labute approximate surface area is 140 Å². The van der Waals surface area contributed by atoms with Gasteiger partial charge in [0.25, 0.3) is 0 Å². The second-order valence-electron chi connectivity index (χ2n) is 4.88. The molecule has 0 atom stereocenters. The normalized spacial score (nSPS) is 10.0. The fraction of sp³-hybridized carbons (Fsp3) is 0.235. The van der Waals surface area contributed by atoms with Gasteiger partial charge in [0, 0.05) is 12.7 Å². The lowest BCUT2D eigenvalue weighted by atomic mass is 10.3. The molecule has 0 heterocycles. The number of methoxy groups -OCH3 is 1. The van der Waals surface area contributed by atoms with Crippen LogP contribution in [0, 0.1) is 5.82 Å². The van der Waals surface area contributed by atoms with Gasteiger partial charge in [0.1, 0.15) is 23.9 Å². The summed E-state index contributed by atoms with van der Waals surface area (Å²) in [7, 11) is 3.51. The van der Waals surface area contributed by atoms with Gasteiger partial charge in [-0.2, -0.15) is 0 Å². The molecule has 0 spiro atoms. The lowest BCUT2D eigenvalue weighted by molar-refractivity contribution is 0.285. The highest BCUT2D eigenvalue weighted by Crippen LogP contribution is 2.15. The van der Waals surface area contributed by atoms with E-state index in [0.29, 0.717) is 24.0 Å². The van der Waals surface area contributed by atoms with Gasteiger partial charge >= 0.3 is 0 Å². The van der Waals surface area contributed by atoms with Gasteiger partial charge in [0.05, 0.1) is 13.7 Å². The van der Waals surface area contributed by atoms with Gasteiger partial charge < -0.3 is 19.7 Å². The zero-order chi connectivity index (χ0) is 16.7. The number of benzene rings is 2. The Morgan fingerprint density at radius 2 is 1.70 bits per heavy atom. The van der Waals surface area contributed by atoms with Gasteiger partial charge in [-0.25, -0.2) is 4.39 Å². The van der Waals surface area contributed by atoms with Crippen LogP contribution in [0.5, 0.6) is 11.5 Å². The van der Waals surface area contributed by atoms with Gasteiger partial charge in [-0.1, -0.05) is 0 Å². The molecule has 2 aromatic carbocycles. The largest absolute Gasteiger partial charge is 0.497 e. The van der Waals surface area contributed by atoms with Crippen molar-refractivity contribution in [2.45, 2.75) is 0 Å². The predicted octanol–water partition coefficient (Wildman–Crippen LogP) is 3.54. The quantitative estimate of drug-likeness (QED) is 0.817. The summed E-state index contributed by atoms with van der Waals surface area (Å²) in [6, 6.07) is 13.5. The van der Waals surface area contributed by atoms with E-state index in [9.17, 15) is 4.39 Å². The molecule has 0 aromatic heterocycles. The molecule has 1 N–H and O–H groups in total. The van der Waals surface area contributed by atoms with Crippen LogP contribution in [0.25, 0.3) is 0 Å². The fourth-order valence-electron chi connectivity index (χ4n) is 1.83. The number of thiocarbonyl (C=S) groups is 1. The number of nitrogens with zero attached hydrogens (tertiary/aromatic N) is 1. The van der Waals surface area contributed by atoms with Gasteiger partial charge in [-0.15, -0.1) is 0 Å². The van der Waals surface area contributed by atoms with Crippen molar-refractivity contribution in [2.24, 2.45) is 0 Å². The minimum Gasteiger partial charge on any atom is -0.497 e. The summed E-state index contributed by atoms with van der Waals surface area (Å²) in [5.74, 6) is 1.15. The molecule has 122 valence electrons. The fourth-order valence-corrected chi connectivity index (χ4v) is 2.04. The molecular formula is C17H19FN2O2S. The molecule has 0 radical (unpaired) electrons. The Morgan fingerprint density at radius 1 is 1.09 bits per heavy atom. The third-order valence-electron chi connectivity index (χ3n) is 3.20. The van der Waals surface area contributed by atoms with Crippen LogP contribution in [0.2, 0.25) is 0 Å². The number of ether oxygens (including phenoxy) is 2. The molecule has 4 nitrogen and oxygen atoms in total. The van der Waals surface area contributed by atoms with Crippen LogP contribution in [0.1, 0.15) is 0 Å². The number of nitrogens with one attached hydrogen (secondary N) is 1. The standard InChI is InChI=1S/C17H19FN2O2S/c1-20(11-12-22-16-7-3-13(18)4-8-16)17(23)19-14-5-9-15(21-2)10-6-14/h3-10H,11-12H2,1-2H3,(H,19,23). The predicted molar refractivity (Wildman–Crippen MR) is 93.7 cm³/mol. The molecule has 0 bridgehead atoms. The summed E-state index contributed by atoms with van der Waals surface area (Å²) in [6.45, 7) is 1.06. The number of likely N-dealkylation sites (N-methyl/N-ethyl adjacent to an activating group) is 1. The molecule has 0 aliphatic rings. The number of hydrogen-bond donors (Lipinski definition) is 1. The van der Waals surface area contributed by atoms with Gasteiger partial charge in [0.2, 0.25) is 0 Å². The molecular weight excluding hydrogens is 315 g/mol. The van der Waals surface area contributed by atoms with Crippen LogP contribution in [-0.4, -0.2) is 37.3 Å². The Morgan fingerprint density at radius 3 is 2.30 bits per heavy atom. The Kier molecular flexibility index (Phi) is 6.17. The van der Waals surface area contributed by atoms with E-state index in [1.165, 1.54) is 12.1 Å². The van der Waals surface area contributed by atoms with E-state index < -0.39 is 0 Å². The Bertz CT molecular complexity index is 632. The molecule has 2 aromatic rings.